The summed E-state index contributed by atoms with van der Waals surface area (Å²) < 4.78 is 0.790. The van der Waals surface area contributed by atoms with Gasteiger partial charge in [0.25, 0.3) is 0 Å². The van der Waals surface area contributed by atoms with Gasteiger partial charge in [-0.3, -0.25) is 0 Å². The van der Waals surface area contributed by atoms with Crippen LogP contribution in [0.25, 0.3) is 0 Å². The third kappa shape index (κ3) is 1.49. The van der Waals surface area contributed by atoms with Crippen molar-refractivity contribution < 1.29 is 0 Å². The lowest BCUT2D eigenvalue weighted by Gasteiger charge is -2.19. The lowest BCUT2D eigenvalue weighted by molar-refractivity contribution is 1.30. The first-order valence-electron chi connectivity index (χ1n) is 3.16. The fraction of sp³-hybridized carbons (Fsp3) is 0.111. The molecule has 0 amide bonds. The quantitative estimate of drug-likeness (QED) is 0.632. The fourth-order valence-electron chi connectivity index (χ4n) is 0.963. The van der Waals surface area contributed by atoms with E-state index in [2.05, 4.69) is 29.1 Å². The van der Waals surface area contributed by atoms with Crippen LogP contribution in [0.4, 0.5) is 0 Å². The zero-order valence-corrected chi connectivity index (χ0v) is 8.59. The van der Waals surface area contributed by atoms with Gasteiger partial charge in [0, 0.05) is 15.1 Å². The van der Waals surface area contributed by atoms with E-state index in [4.69, 9.17) is 11.6 Å². The molecule has 1 aliphatic rings. The van der Waals surface area contributed by atoms with E-state index in [-0.39, 0.29) is 0 Å². The van der Waals surface area contributed by atoms with Crippen LogP contribution < -0.4 is 0 Å². The minimum Gasteiger partial charge on any atom is -0.0900 e. The van der Waals surface area contributed by atoms with Gasteiger partial charge in [-0.25, -0.2) is 0 Å². The molecule has 0 N–H and O–H groups in total. The van der Waals surface area contributed by atoms with Crippen LogP contribution in [0.1, 0.15) is 6.92 Å². The van der Waals surface area contributed by atoms with Gasteiger partial charge in [0.15, 0.2) is 0 Å². The molecule has 0 nitrogen and oxygen atoms in total. The molecule has 0 aromatic carbocycles. The molecule has 0 unspecified atom stereocenters. The maximum absolute atomic E-state index is 5.83. The molecule has 0 spiro atoms. The Bertz CT molecular complexity index is 295. The van der Waals surface area contributed by atoms with Gasteiger partial charge in [0.2, 0.25) is 0 Å². The Kier molecular flexibility index (Phi) is 2.40. The summed E-state index contributed by atoms with van der Waals surface area (Å²) in [5.74, 6) is 0. The topological polar surface area (TPSA) is 0 Å². The highest BCUT2D eigenvalue weighted by molar-refractivity contribution is 9.11. The van der Waals surface area contributed by atoms with Crippen molar-refractivity contribution >= 4 is 27.5 Å². The molecule has 0 radical (unpaired) electrons. The lowest BCUT2D eigenvalue weighted by Crippen LogP contribution is -2.00. The summed E-state index contributed by atoms with van der Waals surface area (Å²) in [4.78, 5) is 0. The first-order chi connectivity index (χ1) is 5.04. The molecule has 0 fully saturated rings. The molecule has 0 saturated carbocycles. The average molecular weight is 232 g/mol. The molecule has 2 heteroatoms. The molecule has 58 valence electrons. The van der Waals surface area contributed by atoms with E-state index < -0.39 is 0 Å². The highest BCUT2D eigenvalue weighted by Gasteiger charge is 2.17. The summed E-state index contributed by atoms with van der Waals surface area (Å²) in [5.41, 5.74) is 3.06. The van der Waals surface area contributed by atoms with Crippen LogP contribution in [-0.4, -0.2) is 0 Å². The predicted octanol–water partition coefficient (Wildman–Crippen LogP) is 3.90. The van der Waals surface area contributed by atoms with E-state index >= 15 is 0 Å². The van der Waals surface area contributed by atoms with Crippen molar-refractivity contribution in [3.8, 4) is 0 Å². The van der Waals surface area contributed by atoms with E-state index in [9.17, 15) is 0 Å². The van der Waals surface area contributed by atoms with Crippen molar-refractivity contribution in [1.29, 1.82) is 0 Å². The van der Waals surface area contributed by atoms with E-state index in [1.165, 1.54) is 5.57 Å². The molecule has 1 aliphatic carbocycles. The van der Waals surface area contributed by atoms with Crippen LogP contribution in [0.15, 0.2) is 45.5 Å². The van der Waals surface area contributed by atoms with Crippen LogP contribution in [-0.2, 0) is 0 Å². The van der Waals surface area contributed by atoms with Gasteiger partial charge in [0.1, 0.15) is 0 Å². The Morgan fingerprint density at radius 2 is 2.09 bits per heavy atom. The SMILES string of the molecule is C=C(Br)C(=C)C1=C(Cl)C=C1C. The molecule has 0 aromatic heterocycles. The number of halogens is 2. The molecular weight excluding hydrogens is 223 g/mol. The van der Waals surface area contributed by atoms with E-state index in [0.29, 0.717) is 0 Å². The van der Waals surface area contributed by atoms with Crippen LogP contribution in [0, 0.1) is 0 Å². The Hall–Kier alpha value is -0.270. The largest absolute Gasteiger partial charge is 0.0900 e. The van der Waals surface area contributed by atoms with E-state index in [1.54, 1.807) is 0 Å². The summed E-state index contributed by atoms with van der Waals surface area (Å²) in [5, 5.41) is 0.771. The van der Waals surface area contributed by atoms with Crippen molar-refractivity contribution in [3.63, 3.8) is 0 Å². The monoisotopic (exact) mass is 230 g/mol. The van der Waals surface area contributed by atoms with Crippen molar-refractivity contribution in [2.75, 3.05) is 0 Å². The molecule has 0 atom stereocenters. The highest BCUT2D eigenvalue weighted by Crippen LogP contribution is 2.38. The second-order valence-electron chi connectivity index (χ2n) is 2.43. The van der Waals surface area contributed by atoms with Gasteiger partial charge in [-0.1, -0.05) is 40.7 Å². The van der Waals surface area contributed by atoms with Crippen LogP contribution >= 0.6 is 27.5 Å². The number of hydrogen-bond acceptors (Lipinski definition) is 0. The molecule has 0 heterocycles. The Morgan fingerprint density at radius 3 is 2.27 bits per heavy atom. The summed E-state index contributed by atoms with van der Waals surface area (Å²) in [6, 6.07) is 0. The van der Waals surface area contributed by atoms with Crippen molar-refractivity contribution in [3.05, 3.63) is 45.5 Å². The summed E-state index contributed by atoms with van der Waals surface area (Å²) in [6.45, 7) is 9.57. The van der Waals surface area contributed by atoms with Crippen LogP contribution in [0.2, 0.25) is 0 Å². The van der Waals surface area contributed by atoms with Gasteiger partial charge in [-0.15, -0.1) is 0 Å². The lowest BCUT2D eigenvalue weighted by atomic mass is 9.92. The third-order valence-corrected chi connectivity index (χ3v) is 2.38. The zero-order valence-electron chi connectivity index (χ0n) is 6.25. The van der Waals surface area contributed by atoms with Crippen molar-refractivity contribution in [1.82, 2.24) is 0 Å². The second kappa shape index (κ2) is 3.00. The number of hydrogen-bond donors (Lipinski definition) is 0. The third-order valence-electron chi connectivity index (χ3n) is 1.61. The maximum Gasteiger partial charge on any atom is 0.0490 e. The first kappa shape index (κ1) is 8.82. The summed E-state index contributed by atoms with van der Waals surface area (Å²) in [6.07, 6.45) is 1.91. The number of allylic oxidation sites excluding steroid dienone is 6. The average Bonchev–Trinajstić information content (AvgIpc) is 1.86. The Labute approximate surface area is 80.1 Å². The van der Waals surface area contributed by atoms with Crippen LogP contribution in [0.3, 0.4) is 0 Å². The normalized spacial score (nSPS) is 15.7. The Morgan fingerprint density at radius 1 is 1.55 bits per heavy atom. The second-order valence-corrected chi connectivity index (χ2v) is 3.80. The van der Waals surface area contributed by atoms with Gasteiger partial charge in [-0.05, 0) is 24.1 Å². The molecular formula is C9H8BrCl. The number of rotatable bonds is 2. The standard InChI is InChI=1S/C9H8BrCl/c1-5-4-8(11)9(5)6(2)7(3)10/h4H,2-3H2,1H3. The van der Waals surface area contributed by atoms with Crippen molar-refractivity contribution in [2.45, 2.75) is 6.92 Å². The molecule has 0 aliphatic heterocycles. The zero-order chi connectivity index (χ0) is 8.59. The van der Waals surface area contributed by atoms with Crippen LogP contribution in [0.5, 0.6) is 0 Å². The summed E-state index contributed by atoms with van der Waals surface area (Å²) >= 11 is 9.09. The first-order valence-corrected chi connectivity index (χ1v) is 4.33. The minimum absolute atomic E-state index is 0.771. The molecule has 11 heavy (non-hydrogen) atoms. The van der Waals surface area contributed by atoms with Gasteiger partial charge < -0.3 is 0 Å². The fourth-order valence-corrected chi connectivity index (χ4v) is 1.59. The Balaban J connectivity index is 2.87. The van der Waals surface area contributed by atoms with E-state index in [1.807, 2.05) is 13.0 Å². The summed E-state index contributed by atoms with van der Waals surface area (Å²) in [7, 11) is 0. The van der Waals surface area contributed by atoms with Gasteiger partial charge >= 0.3 is 0 Å². The van der Waals surface area contributed by atoms with Gasteiger partial charge in [-0.2, -0.15) is 0 Å². The molecule has 0 saturated heterocycles. The molecule has 1 rings (SSSR count). The minimum atomic E-state index is 0.771. The maximum atomic E-state index is 5.83. The van der Waals surface area contributed by atoms with E-state index in [0.717, 1.165) is 20.7 Å². The molecule has 0 aromatic rings. The smallest absolute Gasteiger partial charge is 0.0490 e. The van der Waals surface area contributed by atoms with Crippen molar-refractivity contribution in [2.24, 2.45) is 0 Å². The highest BCUT2D eigenvalue weighted by atomic mass is 79.9. The predicted molar refractivity (Wildman–Crippen MR) is 53.8 cm³/mol. The molecule has 0 bridgehead atoms. The van der Waals surface area contributed by atoms with Gasteiger partial charge in [0.05, 0.1) is 0 Å².